The number of benzene rings is 2. The molecule has 3 rings (SSSR count). The molecule has 0 spiro atoms. The van der Waals surface area contributed by atoms with Crippen LogP contribution in [-0.2, 0) is 19.5 Å². The Morgan fingerprint density at radius 1 is 1.05 bits per heavy atom. The van der Waals surface area contributed by atoms with E-state index in [4.69, 9.17) is 5.11 Å². The van der Waals surface area contributed by atoms with Crippen molar-refractivity contribution in [3.63, 3.8) is 0 Å². The Morgan fingerprint density at radius 3 is 2.38 bits per heavy atom. The fourth-order valence-electron chi connectivity index (χ4n) is 2.70. The lowest BCUT2D eigenvalue weighted by Gasteiger charge is -2.28. The lowest BCUT2D eigenvalue weighted by molar-refractivity contribution is 0.0697. The molecule has 0 amide bonds. The van der Waals surface area contributed by atoms with E-state index in [2.05, 4.69) is 29.2 Å². The van der Waals surface area contributed by atoms with Crippen molar-refractivity contribution in [3.8, 4) is 0 Å². The van der Waals surface area contributed by atoms with E-state index in [0.29, 0.717) is 5.56 Å². The zero-order chi connectivity index (χ0) is 13.9. The monoisotopic (exact) mass is 303 g/mol. The largest absolute Gasteiger partial charge is 0.478 e. The number of fused-ring (bicyclic) bond motifs is 1. The van der Waals surface area contributed by atoms with Gasteiger partial charge in [0.15, 0.2) is 0 Å². The molecule has 0 saturated heterocycles. The molecule has 0 saturated carbocycles. The Hall–Kier alpha value is -1.84. The summed E-state index contributed by atoms with van der Waals surface area (Å²) in [5.74, 6) is -0.872. The number of aromatic carboxylic acids is 1. The molecule has 1 aliphatic heterocycles. The third-order valence-corrected chi connectivity index (χ3v) is 3.82. The van der Waals surface area contributed by atoms with Crippen LogP contribution < -0.4 is 0 Å². The first-order valence-corrected chi connectivity index (χ1v) is 6.84. The van der Waals surface area contributed by atoms with Gasteiger partial charge in [0.1, 0.15) is 0 Å². The quantitative estimate of drug-likeness (QED) is 0.945. The van der Waals surface area contributed by atoms with E-state index < -0.39 is 5.97 Å². The van der Waals surface area contributed by atoms with Crippen LogP contribution in [0.3, 0.4) is 0 Å². The predicted molar refractivity (Wildman–Crippen MR) is 84.9 cm³/mol. The van der Waals surface area contributed by atoms with Crippen LogP contribution >= 0.6 is 12.4 Å². The summed E-state index contributed by atoms with van der Waals surface area (Å²) in [6.07, 6.45) is 1.09. The number of hydrogen-bond donors (Lipinski definition) is 1. The highest BCUT2D eigenvalue weighted by Gasteiger charge is 2.15. The van der Waals surface area contributed by atoms with E-state index >= 15 is 0 Å². The van der Waals surface area contributed by atoms with Crippen molar-refractivity contribution in [1.29, 1.82) is 0 Å². The average Bonchev–Trinajstić information content (AvgIpc) is 2.48. The van der Waals surface area contributed by atoms with Gasteiger partial charge >= 0.3 is 5.97 Å². The summed E-state index contributed by atoms with van der Waals surface area (Å²) in [6.45, 7) is 2.89. The van der Waals surface area contributed by atoms with E-state index in [1.54, 1.807) is 12.1 Å². The summed E-state index contributed by atoms with van der Waals surface area (Å²) >= 11 is 0. The SMILES string of the molecule is Cl.O=C(O)c1ccc(CN2CCc3ccccc3C2)cc1. The van der Waals surface area contributed by atoms with Crippen LogP contribution in [0.25, 0.3) is 0 Å². The molecule has 0 aliphatic carbocycles. The summed E-state index contributed by atoms with van der Waals surface area (Å²) in [5.41, 5.74) is 4.36. The van der Waals surface area contributed by atoms with Gasteiger partial charge in [0.05, 0.1) is 5.56 Å². The zero-order valence-corrected chi connectivity index (χ0v) is 12.5. The first-order chi connectivity index (χ1) is 9.72. The molecule has 110 valence electrons. The number of nitrogens with zero attached hydrogens (tertiary/aromatic N) is 1. The molecule has 0 aromatic heterocycles. The summed E-state index contributed by atoms with van der Waals surface area (Å²) in [6, 6.07) is 15.7. The first kappa shape index (κ1) is 15.5. The molecule has 0 fully saturated rings. The predicted octanol–water partition coefficient (Wildman–Crippen LogP) is 3.36. The molecule has 1 aliphatic rings. The molecule has 0 bridgehead atoms. The van der Waals surface area contributed by atoms with Crippen LogP contribution in [-0.4, -0.2) is 22.5 Å². The van der Waals surface area contributed by atoms with Gasteiger partial charge in [-0.05, 0) is 35.2 Å². The average molecular weight is 304 g/mol. The Labute approximate surface area is 130 Å². The molecule has 3 nitrogen and oxygen atoms in total. The maximum Gasteiger partial charge on any atom is 0.335 e. The molecule has 21 heavy (non-hydrogen) atoms. The summed E-state index contributed by atoms with van der Waals surface area (Å²) < 4.78 is 0. The van der Waals surface area contributed by atoms with Gasteiger partial charge in [-0.2, -0.15) is 0 Å². The van der Waals surface area contributed by atoms with Gasteiger partial charge in [0, 0.05) is 19.6 Å². The van der Waals surface area contributed by atoms with Crippen molar-refractivity contribution in [2.24, 2.45) is 0 Å². The number of rotatable bonds is 3. The highest BCUT2D eigenvalue weighted by molar-refractivity contribution is 5.87. The molecular weight excluding hydrogens is 286 g/mol. The van der Waals surface area contributed by atoms with E-state index in [1.165, 1.54) is 11.1 Å². The van der Waals surface area contributed by atoms with Crippen molar-refractivity contribution in [2.45, 2.75) is 19.5 Å². The van der Waals surface area contributed by atoms with E-state index in [0.717, 1.165) is 31.6 Å². The van der Waals surface area contributed by atoms with Gasteiger partial charge in [-0.3, -0.25) is 4.90 Å². The highest BCUT2D eigenvalue weighted by atomic mass is 35.5. The number of hydrogen-bond acceptors (Lipinski definition) is 2. The highest BCUT2D eigenvalue weighted by Crippen LogP contribution is 2.20. The van der Waals surface area contributed by atoms with Crippen molar-refractivity contribution in [3.05, 3.63) is 70.8 Å². The third kappa shape index (κ3) is 3.63. The second-order valence-corrected chi connectivity index (χ2v) is 5.23. The summed E-state index contributed by atoms with van der Waals surface area (Å²) in [7, 11) is 0. The first-order valence-electron chi connectivity index (χ1n) is 6.84. The summed E-state index contributed by atoms with van der Waals surface area (Å²) in [5, 5.41) is 8.90. The summed E-state index contributed by atoms with van der Waals surface area (Å²) in [4.78, 5) is 13.2. The van der Waals surface area contributed by atoms with Crippen molar-refractivity contribution in [2.75, 3.05) is 6.54 Å². The Balaban J connectivity index is 0.00000161. The molecule has 0 unspecified atom stereocenters. The number of carboxylic acids is 1. The van der Waals surface area contributed by atoms with Gasteiger partial charge in [0.2, 0.25) is 0 Å². The van der Waals surface area contributed by atoms with Crippen LogP contribution in [0.1, 0.15) is 27.0 Å². The van der Waals surface area contributed by atoms with Crippen LogP contribution in [0.2, 0.25) is 0 Å². The van der Waals surface area contributed by atoms with Crippen LogP contribution in [0.4, 0.5) is 0 Å². The molecule has 2 aromatic rings. The smallest absolute Gasteiger partial charge is 0.335 e. The van der Waals surface area contributed by atoms with Crippen molar-refractivity contribution < 1.29 is 9.90 Å². The van der Waals surface area contributed by atoms with E-state index in [9.17, 15) is 4.79 Å². The molecule has 2 aromatic carbocycles. The maximum absolute atomic E-state index is 10.8. The molecule has 0 radical (unpaired) electrons. The number of carbonyl (C=O) groups is 1. The molecular formula is C17H18ClNO2. The standard InChI is InChI=1S/C17H17NO2.ClH/c19-17(20)15-7-5-13(6-8-15)11-18-10-9-14-3-1-2-4-16(14)12-18;/h1-8H,9-12H2,(H,19,20);1H. The fourth-order valence-corrected chi connectivity index (χ4v) is 2.70. The van der Waals surface area contributed by atoms with E-state index in [1.807, 2.05) is 12.1 Å². The third-order valence-electron chi connectivity index (χ3n) is 3.82. The Kier molecular flexibility index (Phi) is 4.99. The van der Waals surface area contributed by atoms with Gasteiger partial charge < -0.3 is 5.11 Å². The van der Waals surface area contributed by atoms with Crippen LogP contribution in [0.15, 0.2) is 48.5 Å². The minimum absolute atomic E-state index is 0. The van der Waals surface area contributed by atoms with E-state index in [-0.39, 0.29) is 12.4 Å². The van der Waals surface area contributed by atoms with Crippen molar-refractivity contribution in [1.82, 2.24) is 4.90 Å². The topological polar surface area (TPSA) is 40.5 Å². The van der Waals surface area contributed by atoms with Crippen molar-refractivity contribution >= 4 is 18.4 Å². The Bertz CT molecular complexity index is 625. The van der Waals surface area contributed by atoms with Crippen LogP contribution in [0.5, 0.6) is 0 Å². The molecule has 0 atom stereocenters. The second kappa shape index (κ2) is 6.74. The minimum atomic E-state index is -0.872. The normalized spacial score (nSPS) is 14.1. The number of carboxylic acid groups (broad SMARTS) is 1. The van der Waals surface area contributed by atoms with Gasteiger partial charge in [-0.15, -0.1) is 12.4 Å². The van der Waals surface area contributed by atoms with Crippen LogP contribution in [0, 0.1) is 0 Å². The van der Waals surface area contributed by atoms with Gasteiger partial charge in [-0.25, -0.2) is 4.79 Å². The lowest BCUT2D eigenvalue weighted by Crippen LogP contribution is -2.29. The number of halogens is 1. The Morgan fingerprint density at radius 2 is 1.71 bits per heavy atom. The molecule has 1 heterocycles. The molecule has 4 heteroatoms. The fraction of sp³-hybridized carbons (Fsp3) is 0.235. The van der Waals surface area contributed by atoms with Gasteiger partial charge in [0.25, 0.3) is 0 Å². The lowest BCUT2D eigenvalue weighted by atomic mass is 9.99. The van der Waals surface area contributed by atoms with Gasteiger partial charge in [-0.1, -0.05) is 36.4 Å². The molecule has 1 N–H and O–H groups in total. The zero-order valence-electron chi connectivity index (χ0n) is 11.7. The minimum Gasteiger partial charge on any atom is -0.478 e. The maximum atomic E-state index is 10.8. The second-order valence-electron chi connectivity index (χ2n) is 5.23.